The number of carbonyl (C=O) groups excluding carboxylic acids is 1. The lowest BCUT2D eigenvalue weighted by Crippen LogP contribution is -2.34. The van der Waals surface area contributed by atoms with Gasteiger partial charge in [-0.1, -0.05) is 81.4 Å². The zero-order chi connectivity index (χ0) is 22.1. The molecular formula is C27H28N2OP+. The van der Waals surface area contributed by atoms with Crippen LogP contribution in [0, 0.1) is 5.41 Å². The fourth-order valence-electron chi connectivity index (χ4n) is 3.76. The molecule has 0 aliphatic carbocycles. The van der Waals surface area contributed by atoms with Crippen molar-refractivity contribution in [3.05, 3.63) is 91.0 Å². The number of hydrogen-bond donors (Lipinski definition) is 1. The number of benzene rings is 3. The highest BCUT2D eigenvalue weighted by molar-refractivity contribution is 7.95. The van der Waals surface area contributed by atoms with E-state index in [0.29, 0.717) is 5.82 Å². The molecule has 1 amide bonds. The number of aromatic nitrogens is 1. The zero-order valence-electron chi connectivity index (χ0n) is 18.5. The summed E-state index contributed by atoms with van der Waals surface area (Å²) in [6.07, 6.45) is 0. The summed E-state index contributed by atoms with van der Waals surface area (Å²) in [5.74, 6) is 0.557. The van der Waals surface area contributed by atoms with Crippen LogP contribution in [0.4, 0.5) is 5.82 Å². The van der Waals surface area contributed by atoms with Crippen molar-refractivity contribution < 1.29 is 4.79 Å². The van der Waals surface area contributed by atoms with Crippen LogP contribution < -0.4 is 21.4 Å². The molecule has 1 atom stereocenters. The number of nitrogens with one attached hydrogen (secondary N) is 1. The van der Waals surface area contributed by atoms with Gasteiger partial charge in [0.05, 0.1) is 6.66 Å². The minimum atomic E-state index is -2.05. The maximum absolute atomic E-state index is 12.6. The van der Waals surface area contributed by atoms with Gasteiger partial charge in [0.1, 0.15) is 23.7 Å². The van der Waals surface area contributed by atoms with Crippen LogP contribution in [0.3, 0.4) is 0 Å². The van der Waals surface area contributed by atoms with Gasteiger partial charge in [-0.2, -0.15) is 4.98 Å². The quantitative estimate of drug-likeness (QED) is 0.458. The average Bonchev–Trinajstić information content (AvgIpc) is 2.78. The van der Waals surface area contributed by atoms with E-state index in [9.17, 15) is 4.79 Å². The topological polar surface area (TPSA) is 42.0 Å². The molecule has 4 rings (SSSR count). The third-order valence-corrected chi connectivity index (χ3v) is 9.49. The average molecular weight is 428 g/mol. The third kappa shape index (κ3) is 4.11. The molecule has 3 aromatic carbocycles. The van der Waals surface area contributed by atoms with E-state index in [1.54, 1.807) is 0 Å². The van der Waals surface area contributed by atoms with E-state index in [1.807, 2.05) is 39.0 Å². The van der Waals surface area contributed by atoms with Crippen molar-refractivity contribution in [3.63, 3.8) is 0 Å². The zero-order valence-corrected chi connectivity index (χ0v) is 19.4. The Morgan fingerprint density at radius 1 is 0.806 bits per heavy atom. The van der Waals surface area contributed by atoms with Crippen LogP contribution in [0.2, 0.25) is 0 Å². The molecule has 0 radical (unpaired) electrons. The lowest BCUT2D eigenvalue weighted by molar-refractivity contribution is -0.123. The van der Waals surface area contributed by atoms with Crippen molar-refractivity contribution in [2.24, 2.45) is 5.41 Å². The molecule has 0 aliphatic rings. The maximum atomic E-state index is 12.6. The maximum Gasteiger partial charge on any atom is 0.230 e. The number of pyridine rings is 1. The largest absolute Gasteiger partial charge is 0.310 e. The molecule has 0 fully saturated rings. The first kappa shape index (κ1) is 21.2. The molecular weight excluding hydrogens is 399 g/mol. The number of rotatable bonds is 4. The Hall–Kier alpha value is -3.03. The van der Waals surface area contributed by atoms with Crippen LogP contribution in [-0.2, 0) is 4.79 Å². The minimum Gasteiger partial charge on any atom is -0.310 e. The molecule has 4 aromatic rings. The molecule has 1 heterocycles. The molecule has 0 aliphatic heterocycles. The molecule has 1 N–H and O–H groups in total. The van der Waals surface area contributed by atoms with E-state index in [2.05, 4.69) is 84.8 Å². The Morgan fingerprint density at radius 2 is 1.45 bits per heavy atom. The van der Waals surface area contributed by atoms with Gasteiger partial charge in [0.25, 0.3) is 0 Å². The lowest BCUT2D eigenvalue weighted by Gasteiger charge is -2.24. The number of carbonyl (C=O) groups is 1. The number of nitrogens with zero attached hydrogens (tertiary/aromatic N) is 1. The van der Waals surface area contributed by atoms with Gasteiger partial charge in [-0.3, -0.25) is 4.79 Å². The van der Waals surface area contributed by atoms with E-state index in [4.69, 9.17) is 4.98 Å². The molecule has 1 aromatic heterocycles. The molecule has 0 spiro atoms. The highest BCUT2D eigenvalue weighted by atomic mass is 31.2. The number of amides is 1. The summed E-state index contributed by atoms with van der Waals surface area (Å²) in [5.41, 5.74) is 0.521. The van der Waals surface area contributed by atoms with Crippen molar-refractivity contribution in [2.45, 2.75) is 20.8 Å². The first-order chi connectivity index (χ1) is 14.8. The second-order valence-electron chi connectivity index (χ2n) is 8.93. The van der Waals surface area contributed by atoms with Gasteiger partial charge in [-0.15, -0.1) is 0 Å². The summed E-state index contributed by atoms with van der Waals surface area (Å²) >= 11 is 0. The van der Waals surface area contributed by atoms with Crippen LogP contribution in [0.5, 0.6) is 0 Å². The van der Waals surface area contributed by atoms with Crippen molar-refractivity contribution in [2.75, 3.05) is 12.0 Å². The molecule has 31 heavy (non-hydrogen) atoms. The molecule has 4 heteroatoms. The van der Waals surface area contributed by atoms with E-state index < -0.39 is 12.7 Å². The minimum absolute atomic E-state index is 0.0398. The predicted molar refractivity (Wildman–Crippen MR) is 134 cm³/mol. The normalized spacial score (nSPS) is 13.5. The van der Waals surface area contributed by atoms with Gasteiger partial charge in [0, 0.05) is 16.9 Å². The van der Waals surface area contributed by atoms with Crippen LogP contribution >= 0.6 is 7.26 Å². The van der Waals surface area contributed by atoms with E-state index in [0.717, 1.165) is 5.44 Å². The summed E-state index contributed by atoms with van der Waals surface area (Å²) < 4.78 is 0. The van der Waals surface area contributed by atoms with Gasteiger partial charge in [-0.25, -0.2) is 0 Å². The van der Waals surface area contributed by atoms with Gasteiger partial charge in [-0.05, 0) is 29.7 Å². The van der Waals surface area contributed by atoms with Crippen molar-refractivity contribution in [3.8, 4) is 0 Å². The Morgan fingerprint density at radius 3 is 2.19 bits per heavy atom. The first-order valence-corrected chi connectivity index (χ1v) is 12.7. The number of anilines is 1. The standard InChI is InChI=1S/C27H27N2OP/c1-27(2,3)26(30)29-24-18-11-19-25(28-24)31(4,21-14-6-5-7-15-21)23-17-10-13-20-12-8-9-16-22(20)23/h5-19H,1-4H3/p+1. The van der Waals surface area contributed by atoms with Gasteiger partial charge < -0.3 is 5.32 Å². The van der Waals surface area contributed by atoms with E-state index >= 15 is 0 Å². The summed E-state index contributed by atoms with van der Waals surface area (Å²) in [6.45, 7) is 8.04. The molecule has 3 nitrogen and oxygen atoms in total. The highest BCUT2D eigenvalue weighted by Crippen LogP contribution is 2.52. The Kier molecular flexibility index (Phi) is 5.64. The second kappa shape index (κ2) is 8.24. The first-order valence-electron chi connectivity index (χ1n) is 10.5. The fraction of sp³-hybridized carbons (Fsp3) is 0.185. The Labute approximate surface area is 184 Å². The van der Waals surface area contributed by atoms with Gasteiger partial charge >= 0.3 is 0 Å². The molecule has 0 saturated heterocycles. The SMILES string of the molecule is CC(C)(C)C(=O)Nc1cccc([P+](C)(c2ccccc2)c2cccc3ccccc23)n1. The molecule has 1 unspecified atom stereocenters. The summed E-state index contributed by atoms with van der Waals surface area (Å²) in [5, 5.41) is 8.03. The summed E-state index contributed by atoms with van der Waals surface area (Å²) in [7, 11) is -2.05. The van der Waals surface area contributed by atoms with E-state index in [1.165, 1.54) is 21.4 Å². The predicted octanol–water partition coefficient (Wildman–Crippen LogP) is 5.14. The van der Waals surface area contributed by atoms with Gasteiger partial charge in [0.15, 0.2) is 5.44 Å². The highest BCUT2D eigenvalue weighted by Gasteiger charge is 2.43. The smallest absolute Gasteiger partial charge is 0.230 e. The molecule has 0 saturated carbocycles. The molecule has 0 bridgehead atoms. The Bertz CT molecular complexity index is 1230. The van der Waals surface area contributed by atoms with Crippen LogP contribution in [-0.4, -0.2) is 17.6 Å². The summed E-state index contributed by atoms with van der Waals surface area (Å²) in [4.78, 5) is 17.5. The summed E-state index contributed by atoms with van der Waals surface area (Å²) in [6, 6.07) is 31.6. The van der Waals surface area contributed by atoms with Gasteiger partial charge in [0.2, 0.25) is 5.91 Å². The third-order valence-electron chi connectivity index (χ3n) is 5.64. The van der Waals surface area contributed by atoms with Crippen molar-refractivity contribution in [1.82, 2.24) is 4.98 Å². The molecule has 156 valence electrons. The second-order valence-corrected chi connectivity index (χ2v) is 12.4. The van der Waals surface area contributed by atoms with Crippen molar-refractivity contribution >= 4 is 45.8 Å². The monoisotopic (exact) mass is 427 g/mol. The Balaban J connectivity index is 1.92. The fourth-order valence-corrected chi connectivity index (χ4v) is 7.08. The van der Waals surface area contributed by atoms with E-state index in [-0.39, 0.29) is 5.91 Å². The lowest BCUT2D eigenvalue weighted by atomic mass is 9.96. The van der Waals surface area contributed by atoms with Crippen LogP contribution in [0.1, 0.15) is 20.8 Å². The number of fused-ring (bicyclic) bond motifs is 1. The van der Waals surface area contributed by atoms with Crippen LogP contribution in [0.15, 0.2) is 91.0 Å². The number of hydrogen-bond acceptors (Lipinski definition) is 2. The van der Waals surface area contributed by atoms with Crippen LogP contribution in [0.25, 0.3) is 10.8 Å². The van der Waals surface area contributed by atoms with Crippen molar-refractivity contribution in [1.29, 1.82) is 0 Å².